The fourth-order valence-electron chi connectivity index (χ4n) is 3.89. The Bertz CT molecular complexity index is 1300. The minimum atomic E-state index is -0.0505. The number of anilines is 1. The van der Waals surface area contributed by atoms with Crippen molar-refractivity contribution in [3.05, 3.63) is 57.5 Å². The molecule has 0 aliphatic carbocycles. The Balaban J connectivity index is 1.46. The van der Waals surface area contributed by atoms with Gasteiger partial charge < -0.3 is 10.1 Å². The number of aromatic nitrogens is 4. The van der Waals surface area contributed by atoms with Crippen molar-refractivity contribution >= 4 is 38.9 Å². The van der Waals surface area contributed by atoms with E-state index in [1.54, 1.807) is 11.7 Å². The van der Waals surface area contributed by atoms with Gasteiger partial charge in [-0.2, -0.15) is 0 Å². The number of nitrogens with one attached hydrogen (secondary N) is 1. The molecule has 0 radical (unpaired) electrons. The average molecular weight is 468 g/mol. The summed E-state index contributed by atoms with van der Waals surface area (Å²) in [6.07, 6.45) is 2.30. The number of benzene rings is 1. The van der Waals surface area contributed by atoms with Crippen molar-refractivity contribution in [2.75, 3.05) is 19.0 Å². The fourth-order valence-corrected chi connectivity index (χ4v) is 4.72. The Morgan fingerprint density at radius 1 is 1.15 bits per heavy atom. The first-order valence-corrected chi connectivity index (χ1v) is 12.1. The smallest absolute Gasteiger partial charge is 0.272 e. The van der Waals surface area contributed by atoms with Crippen molar-refractivity contribution in [3.8, 4) is 0 Å². The van der Waals surface area contributed by atoms with E-state index >= 15 is 0 Å². The number of nitrogens with zero attached hydrogens (tertiary/aromatic N) is 4. The second kappa shape index (κ2) is 10.3. The van der Waals surface area contributed by atoms with Gasteiger partial charge in [-0.1, -0.05) is 26.0 Å². The highest BCUT2D eigenvalue weighted by molar-refractivity contribution is 7.17. The summed E-state index contributed by atoms with van der Waals surface area (Å²) in [7, 11) is 1.65. The van der Waals surface area contributed by atoms with Gasteiger partial charge in [0.15, 0.2) is 0 Å². The van der Waals surface area contributed by atoms with E-state index in [1.807, 2.05) is 40.1 Å². The first kappa shape index (κ1) is 23.1. The Morgan fingerprint density at radius 2 is 1.94 bits per heavy atom. The Kier molecular flexibility index (Phi) is 7.20. The molecule has 0 fully saturated rings. The molecule has 3 aromatic heterocycles. The average Bonchev–Trinajstić information content (AvgIpc) is 3.44. The lowest BCUT2D eigenvalue weighted by Gasteiger charge is -2.10. The molecule has 0 unspecified atom stereocenters. The number of hydrogen-bond acceptors (Lipinski definition) is 6. The molecule has 174 valence electrons. The molecule has 0 spiro atoms. The SMILES string of the molecule is COCCCn1c(=O)c2sccc2n2c(CCCC(=O)Nc3ccc(C(C)C)cc3)nnc12. The zero-order chi connectivity index (χ0) is 23.4. The van der Waals surface area contributed by atoms with Crippen LogP contribution in [0, 0.1) is 0 Å². The Hall–Kier alpha value is -3.04. The van der Waals surface area contributed by atoms with Crippen molar-refractivity contribution < 1.29 is 9.53 Å². The Labute approximate surface area is 196 Å². The van der Waals surface area contributed by atoms with Gasteiger partial charge in [0.05, 0.1) is 5.52 Å². The summed E-state index contributed by atoms with van der Waals surface area (Å²) < 4.78 is 9.43. The van der Waals surface area contributed by atoms with Crippen LogP contribution in [0.15, 0.2) is 40.5 Å². The second-order valence-electron chi connectivity index (χ2n) is 8.37. The van der Waals surface area contributed by atoms with Gasteiger partial charge >= 0.3 is 0 Å². The normalized spacial score (nSPS) is 11.6. The number of ether oxygens (including phenoxy) is 1. The molecule has 0 aliphatic rings. The van der Waals surface area contributed by atoms with E-state index in [0.717, 1.165) is 17.0 Å². The Morgan fingerprint density at radius 3 is 2.67 bits per heavy atom. The van der Waals surface area contributed by atoms with Crippen LogP contribution in [-0.2, 0) is 22.5 Å². The molecule has 4 aromatic rings. The number of methoxy groups -OCH3 is 1. The maximum Gasteiger partial charge on any atom is 0.272 e. The predicted molar refractivity (Wildman–Crippen MR) is 131 cm³/mol. The molecule has 1 N–H and O–H groups in total. The van der Waals surface area contributed by atoms with E-state index in [0.29, 0.717) is 55.2 Å². The largest absolute Gasteiger partial charge is 0.385 e. The van der Waals surface area contributed by atoms with E-state index in [-0.39, 0.29) is 11.5 Å². The van der Waals surface area contributed by atoms with E-state index in [1.165, 1.54) is 16.9 Å². The van der Waals surface area contributed by atoms with E-state index in [4.69, 9.17) is 4.74 Å². The molecule has 0 bridgehead atoms. The summed E-state index contributed by atoms with van der Waals surface area (Å²) in [6, 6.07) is 9.89. The molecule has 0 saturated heterocycles. The van der Waals surface area contributed by atoms with Crippen LogP contribution in [-0.4, -0.2) is 38.8 Å². The minimum absolute atomic E-state index is 0.0294. The molecule has 4 rings (SSSR count). The van der Waals surface area contributed by atoms with Gasteiger partial charge in [-0.25, -0.2) is 0 Å². The number of carbonyl (C=O) groups is 1. The summed E-state index contributed by atoms with van der Waals surface area (Å²) >= 11 is 1.42. The topological polar surface area (TPSA) is 90.5 Å². The number of aryl methyl sites for hydroxylation is 2. The number of fused-ring (bicyclic) bond motifs is 3. The number of amides is 1. The van der Waals surface area contributed by atoms with Crippen LogP contribution >= 0.6 is 11.3 Å². The van der Waals surface area contributed by atoms with Crippen LogP contribution < -0.4 is 10.9 Å². The third-order valence-electron chi connectivity index (χ3n) is 5.67. The summed E-state index contributed by atoms with van der Waals surface area (Å²) in [6.45, 7) is 5.37. The monoisotopic (exact) mass is 467 g/mol. The zero-order valence-electron chi connectivity index (χ0n) is 19.2. The molecule has 0 atom stereocenters. The molecule has 9 heteroatoms. The number of carbonyl (C=O) groups excluding carboxylic acids is 1. The quantitative estimate of drug-likeness (QED) is 0.353. The predicted octanol–water partition coefficient (Wildman–Crippen LogP) is 4.23. The summed E-state index contributed by atoms with van der Waals surface area (Å²) in [5.41, 5.74) is 2.81. The molecule has 33 heavy (non-hydrogen) atoms. The maximum absolute atomic E-state index is 12.9. The van der Waals surface area contributed by atoms with E-state index in [2.05, 4.69) is 29.4 Å². The van der Waals surface area contributed by atoms with Gasteiger partial charge in [-0.05, 0) is 47.9 Å². The molecule has 3 heterocycles. The zero-order valence-corrected chi connectivity index (χ0v) is 20.0. The van der Waals surface area contributed by atoms with Crippen LogP contribution in [0.25, 0.3) is 16.0 Å². The lowest BCUT2D eigenvalue weighted by molar-refractivity contribution is -0.116. The first-order chi connectivity index (χ1) is 16.0. The standard InChI is InChI=1S/C24H29N5O3S/c1-16(2)17-8-10-18(11-9-17)25-21(30)7-4-6-20-26-27-24-28(13-5-14-32-3)23(31)22-19(29(20)24)12-15-33-22/h8-12,15-16H,4-7,13-14H2,1-3H3,(H,25,30). The highest BCUT2D eigenvalue weighted by atomic mass is 32.1. The van der Waals surface area contributed by atoms with Gasteiger partial charge in [-0.3, -0.25) is 18.6 Å². The molecular weight excluding hydrogens is 438 g/mol. The highest BCUT2D eigenvalue weighted by Crippen LogP contribution is 2.21. The lowest BCUT2D eigenvalue weighted by atomic mass is 10.0. The molecule has 1 aromatic carbocycles. The molecular formula is C24H29N5O3S. The van der Waals surface area contributed by atoms with E-state index < -0.39 is 0 Å². The third kappa shape index (κ3) is 4.99. The minimum Gasteiger partial charge on any atom is -0.385 e. The lowest BCUT2D eigenvalue weighted by Crippen LogP contribution is -2.23. The maximum atomic E-state index is 12.9. The summed E-state index contributed by atoms with van der Waals surface area (Å²) in [5, 5.41) is 13.5. The number of hydrogen-bond donors (Lipinski definition) is 1. The van der Waals surface area contributed by atoms with Crippen LogP contribution in [0.1, 0.15) is 50.4 Å². The van der Waals surface area contributed by atoms with Crippen molar-refractivity contribution in [3.63, 3.8) is 0 Å². The van der Waals surface area contributed by atoms with Crippen LogP contribution in [0.5, 0.6) is 0 Å². The molecule has 1 amide bonds. The van der Waals surface area contributed by atoms with Crippen LogP contribution in [0.2, 0.25) is 0 Å². The molecule has 0 saturated carbocycles. The van der Waals surface area contributed by atoms with Crippen molar-refractivity contribution in [2.45, 2.75) is 52.0 Å². The second-order valence-corrected chi connectivity index (χ2v) is 9.28. The highest BCUT2D eigenvalue weighted by Gasteiger charge is 2.17. The number of thiophene rings is 1. The van der Waals surface area contributed by atoms with E-state index in [9.17, 15) is 9.59 Å². The van der Waals surface area contributed by atoms with Crippen molar-refractivity contribution in [2.24, 2.45) is 0 Å². The molecule has 0 aliphatic heterocycles. The molecule has 8 nitrogen and oxygen atoms in total. The fraction of sp³-hybridized carbons (Fsp3) is 0.417. The first-order valence-electron chi connectivity index (χ1n) is 11.2. The van der Waals surface area contributed by atoms with Crippen molar-refractivity contribution in [1.82, 2.24) is 19.2 Å². The van der Waals surface area contributed by atoms with Crippen LogP contribution in [0.4, 0.5) is 5.69 Å². The third-order valence-corrected chi connectivity index (χ3v) is 6.57. The van der Waals surface area contributed by atoms with Gasteiger partial charge in [0.2, 0.25) is 11.7 Å². The van der Waals surface area contributed by atoms with Crippen molar-refractivity contribution in [1.29, 1.82) is 0 Å². The number of rotatable bonds is 10. The summed E-state index contributed by atoms with van der Waals surface area (Å²) in [4.78, 5) is 25.4. The van der Waals surface area contributed by atoms with Gasteiger partial charge in [0.1, 0.15) is 10.5 Å². The summed E-state index contributed by atoms with van der Waals surface area (Å²) in [5.74, 6) is 1.71. The van der Waals surface area contributed by atoms with Crippen LogP contribution in [0.3, 0.4) is 0 Å². The van der Waals surface area contributed by atoms with Gasteiger partial charge in [0.25, 0.3) is 5.56 Å². The van der Waals surface area contributed by atoms with Gasteiger partial charge in [-0.15, -0.1) is 21.5 Å². The van der Waals surface area contributed by atoms with Gasteiger partial charge in [0, 0.05) is 38.8 Å².